The van der Waals surface area contributed by atoms with Crippen LogP contribution in [0.25, 0.3) is 0 Å². The van der Waals surface area contributed by atoms with Gasteiger partial charge in [-0.15, -0.1) is 0 Å². The number of fused-ring (bicyclic) bond motifs is 1. The van der Waals surface area contributed by atoms with E-state index in [0.717, 1.165) is 6.42 Å². The fourth-order valence-electron chi connectivity index (χ4n) is 3.12. The van der Waals surface area contributed by atoms with Crippen molar-refractivity contribution in [2.45, 2.75) is 44.1 Å². The third-order valence-electron chi connectivity index (χ3n) is 4.37. The van der Waals surface area contributed by atoms with Gasteiger partial charge in [-0.1, -0.05) is 60.7 Å². The average molecular weight is 296 g/mol. The minimum atomic E-state index is 0.0499. The Morgan fingerprint density at radius 1 is 0.818 bits per heavy atom. The fraction of sp³-hybridized carbons (Fsp3) is 0.368. The van der Waals surface area contributed by atoms with Crippen LogP contribution in [0.5, 0.6) is 0 Å². The molecule has 1 heterocycles. The van der Waals surface area contributed by atoms with Crippen molar-refractivity contribution >= 4 is 0 Å². The minimum Gasteiger partial charge on any atom is -0.371 e. The fourth-order valence-corrected chi connectivity index (χ4v) is 3.12. The van der Waals surface area contributed by atoms with Crippen LogP contribution in [-0.4, -0.2) is 24.4 Å². The van der Waals surface area contributed by atoms with E-state index in [1.807, 2.05) is 36.4 Å². The molecule has 4 rings (SSSR count). The summed E-state index contributed by atoms with van der Waals surface area (Å²) in [5.41, 5.74) is 2.39. The molecule has 2 fully saturated rings. The van der Waals surface area contributed by atoms with Crippen LogP contribution in [0.2, 0.25) is 0 Å². The predicted molar refractivity (Wildman–Crippen MR) is 83.3 cm³/mol. The molecule has 114 valence electrons. The molecule has 2 aromatic carbocycles. The molecule has 1 aliphatic carbocycles. The largest absolute Gasteiger partial charge is 0.371 e. The van der Waals surface area contributed by atoms with E-state index >= 15 is 0 Å². The highest BCUT2D eigenvalue weighted by Gasteiger charge is 2.57. The molecule has 3 heteroatoms. The summed E-state index contributed by atoms with van der Waals surface area (Å²) in [6.07, 6.45) is 1.68. The standard InChI is InChI=1S/C19H20O3/c1-3-7-14(8-4-1)12-20-16-11-17-19(22-17)18(16)21-13-15-9-5-2-6-10-15/h1-10,16-19H,11-13H2/t16-,17+,18+,19-/m1/s1. The molecular weight excluding hydrogens is 276 g/mol. The molecular formula is C19H20O3. The Morgan fingerprint density at radius 2 is 1.41 bits per heavy atom. The lowest BCUT2D eigenvalue weighted by molar-refractivity contribution is -0.0945. The summed E-state index contributed by atoms with van der Waals surface area (Å²) >= 11 is 0. The van der Waals surface area contributed by atoms with Crippen LogP contribution in [0.15, 0.2) is 60.7 Å². The summed E-state index contributed by atoms with van der Waals surface area (Å²) in [7, 11) is 0. The molecule has 0 unspecified atom stereocenters. The average Bonchev–Trinajstić information content (AvgIpc) is 3.26. The highest BCUT2D eigenvalue weighted by Crippen LogP contribution is 2.42. The number of rotatable bonds is 6. The van der Waals surface area contributed by atoms with Crippen LogP contribution < -0.4 is 0 Å². The molecule has 22 heavy (non-hydrogen) atoms. The van der Waals surface area contributed by atoms with E-state index in [1.54, 1.807) is 0 Å². The molecule has 0 spiro atoms. The first-order valence-electron chi connectivity index (χ1n) is 7.87. The number of epoxide rings is 1. The summed E-state index contributed by atoms with van der Waals surface area (Å²) in [6, 6.07) is 20.5. The predicted octanol–water partition coefficient (Wildman–Crippen LogP) is 3.33. The molecule has 0 aromatic heterocycles. The van der Waals surface area contributed by atoms with E-state index in [1.165, 1.54) is 11.1 Å². The summed E-state index contributed by atoms with van der Waals surface area (Å²) in [5, 5.41) is 0. The first-order chi connectivity index (χ1) is 10.9. The zero-order valence-corrected chi connectivity index (χ0v) is 12.4. The topological polar surface area (TPSA) is 31.0 Å². The Hall–Kier alpha value is -1.68. The maximum absolute atomic E-state index is 6.09. The van der Waals surface area contributed by atoms with Gasteiger partial charge in [-0.25, -0.2) is 0 Å². The van der Waals surface area contributed by atoms with Crippen molar-refractivity contribution < 1.29 is 14.2 Å². The molecule has 0 radical (unpaired) electrons. The molecule has 0 bridgehead atoms. The highest BCUT2D eigenvalue weighted by molar-refractivity contribution is 5.15. The van der Waals surface area contributed by atoms with Gasteiger partial charge in [-0.05, 0) is 11.1 Å². The highest BCUT2D eigenvalue weighted by atomic mass is 16.6. The van der Waals surface area contributed by atoms with Crippen LogP contribution in [0.1, 0.15) is 17.5 Å². The molecule has 4 atom stereocenters. The number of benzene rings is 2. The molecule has 1 saturated carbocycles. The summed E-state index contributed by atoms with van der Waals surface area (Å²) < 4.78 is 17.8. The second-order valence-electron chi connectivity index (χ2n) is 5.97. The Kier molecular flexibility index (Phi) is 3.94. The van der Waals surface area contributed by atoms with Crippen molar-refractivity contribution in [3.05, 3.63) is 71.8 Å². The van der Waals surface area contributed by atoms with E-state index in [2.05, 4.69) is 24.3 Å². The lowest BCUT2D eigenvalue weighted by Gasteiger charge is -2.23. The first-order valence-corrected chi connectivity index (χ1v) is 7.87. The lowest BCUT2D eigenvalue weighted by atomic mass is 10.2. The van der Waals surface area contributed by atoms with Gasteiger partial charge in [-0.3, -0.25) is 0 Å². The minimum absolute atomic E-state index is 0.0499. The second kappa shape index (κ2) is 6.21. The van der Waals surface area contributed by atoms with Crippen LogP contribution in [0, 0.1) is 0 Å². The monoisotopic (exact) mass is 296 g/mol. The van der Waals surface area contributed by atoms with Crippen molar-refractivity contribution in [3.8, 4) is 0 Å². The normalized spacial score (nSPS) is 29.3. The van der Waals surface area contributed by atoms with Crippen molar-refractivity contribution in [2.24, 2.45) is 0 Å². The summed E-state index contributed by atoms with van der Waals surface area (Å²) in [6.45, 7) is 1.25. The zero-order chi connectivity index (χ0) is 14.8. The van der Waals surface area contributed by atoms with Gasteiger partial charge in [0.05, 0.1) is 25.4 Å². The van der Waals surface area contributed by atoms with E-state index in [9.17, 15) is 0 Å². The van der Waals surface area contributed by atoms with Crippen LogP contribution in [-0.2, 0) is 27.4 Å². The lowest BCUT2D eigenvalue weighted by Crippen LogP contribution is -2.31. The molecule has 0 N–H and O–H groups in total. The van der Waals surface area contributed by atoms with E-state index in [0.29, 0.717) is 19.3 Å². The number of hydrogen-bond donors (Lipinski definition) is 0. The van der Waals surface area contributed by atoms with Gasteiger partial charge in [-0.2, -0.15) is 0 Å². The Balaban J connectivity index is 1.34. The van der Waals surface area contributed by atoms with Crippen LogP contribution in [0.3, 0.4) is 0 Å². The van der Waals surface area contributed by atoms with Gasteiger partial charge >= 0.3 is 0 Å². The maximum atomic E-state index is 6.09. The third kappa shape index (κ3) is 3.07. The Morgan fingerprint density at radius 3 is 2.05 bits per heavy atom. The molecule has 0 amide bonds. The molecule has 2 aliphatic rings. The van der Waals surface area contributed by atoms with Crippen molar-refractivity contribution in [1.29, 1.82) is 0 Å². The summed E-state index contributed by atoms with van der Waals surface area (Å²) in [5.74, 6) is 0. The SMILES string of the molecule is c1ccc(CO[C@@H]2[C@@H]3O[C@H]3C[C@H]2OCc2ccccc2)cc1. The smallest absolute Gasteiger partial charge is 0.113 e. The van der Waals surface area contributed by atoms with Crippen LogP contribution >= 0.6 is 0 Å². The molecule has 2 aromatic rings. The van der Waals surface area contributed by atoms with E-state index < -0.39 is 0 Å². The van der Waals surface area contributed by atoms with Gasteiger partial charge in [0.25, 0.3) is 0 Å². The Bertz CT molecular complexity index is 599. The van der Waals surface area contributed by atoms with Gasteiger partial charge < -0.3 is 14.2 Å². The van der Waals surface area contributed by atoms with Crippen molar-refractivity contribution in [1.82, 2.24) is 0 Å². The van der Waals surface area contributed by atoms with Gasteiger partial charge in [0.1, 0.15) is 12.2 Å². The maximum Gasteiger partial charge on any atom is 0.113 e. The van der Waals surface area contributed by atoms with Crippen LogP contribution in [0.4, 0.5) is 0 Å². The molecule has 3 nitrogen and oxygen atoms in total. The number of hydrogen-bond acceptors (Lipinski definition) is 3. The number of ether oxygens (including phenoxy) is 3. The molecule has 1 saturated heterocycles. The van der Waals surface area contributed by atoms with Crippen molar-refractivity contribution in [3.63, 3.8) is 0 Å². The zero-order valence-electron chi connectivity index (χ0n) is 12.4. The van der Waals surface area contributed by atoms with Crippen molar-refractivity contribution in [2.75, 3.05) is 0 Å². The van der Waals surface area contributed by atoms with Gasteiger partial charge in [0.15, 0.2) is 0 Å². The first kappa shape index (κ1) is 13.9. The van der Waals surface area contributed by atoms with Gasteiger partial charge in [0, 0.05) is 6.42 Å². The summed E-state index contributed by atoms with van der Waals surface area (Å²) in [4.78, 5) is 0. The second-order valence-corrected chi connectivity index (χ2v) is 5.97. The van der Waals surface area contributed by atoms with E-state index in [4.69, 9.17) is 14.2 Å². The third-order valence-corrected chi connectivity index (χ3v) is 4.37. The quantitative estimate of drug-likeness (QED) is 0.766. The Labute approximate surface area is 130 Å². The van der Waals surface area contributed by atoms with E-state index in [-0.39, 0.29) is 18.3 Å². The van der Waals surface area contributed by atoms with Gasteiger partial charge in [0.2, 0.25) is 0 Å². The molecule has 1 aliphatic heterocycles.